The first-order valence-electron chi connectivity index (χ1n) is 12.1. The molecule has 0 fully saturated rings. The monoisotopic (exact) mass is 454 g/mol. The molecule has 1 rings (SSSR count). The topological polar surface area (TPSA) is 70.6 Å². The molecule has 0 heterocycles. The first-order valence-corrected chi connectivity index (χ1v) is 12.1. The van der Waals surface area contributed by atoms with Crippen molar-refractivity contribution in [2.75, 3.05) is 13.7 Å². The van der Waals surface area contributed by atoms with Crippen LogP contribution in [0.1, 0.15) is 70.3 Å². The smallest absolute Gasteiger partial charge is 0.315 e. The van der Waals surface area contributed by atoms with Crippen LogP contribution in [0, 0.1) is 0 Å². The highest BCUT2D eigenvalue weighted by Crippen LogP contribution is 2.26. The van der Waals surface area contributed by atoms with Crippen molar-refractivity contribution < 1.29 is 14.6 Å². The van der Waals surface area contributed by atoms with E-state index >= 15 is 0 Å². The zero-order valence-corrected chi connectivity index (χ0v) is 20.4. The van der Waals surface area contributed by atoms with E-state index < -0.39 is 0 Å². The zero-order chi connectivity index (χ0) is 24.0. The van der Waals surface area contributed by atoms with E-state index in [1.807, 2.05) is 0 Å². The number of carbonyl (C=O) groups is 1. The highest BCUT2D eigenvalue weighted by atomic mass is 16.5. The van der Waals surface area contributed by atoms with E-state index in [0.29, 0.717) is 18.8 Å². The summed E-state index contributed by atoms with van der Waals surface area (Å²) in [4.78, 5) is 11.9. The van der Waals surface area contributed by atoms with Crippen molar-refractivity contribution in [3.8, 4) is 11.5 Å². The lowest BCUT2D eigenvalue weighted by Crippen LogP contribution is -2.35. The summed E-state index contributed by atoms with van der Waals surface area (Å²) in [6.07, 6.45) is 27.6. The number of ether oxygens (including phenoxy) is 1. The molecule has 0 saturated heterocycles. The summed E-state index contributed by atoms with van der Waals surface area (Å²) in [5.41, 5.74) is 0.862. The highest BCUT2D eigenvalue weighted by Gasteiger charge is 2.04. The quantitative estimate of drug-likeness (QED) is 0.176. The Morgan fingerprint density at radius 1 is 0.879 bits per heavy atom. The number of methoxy groups -OCH3 is 1. The van der Waals surface area contributed by atoms with Gasteiger partial charge in [-0.05, 0) is 62.6 Å². The number of hydrogen-bond donors (Lipinski definition) is 3. The SMILES string of the molecule is CCCCC/C=C\C/C=C\C/C=C/C/C=C\CCCNC(=O)NCc1ccc(O)c(OC)c1. The van der Waals surface area contributed by atoms with E-state index in [4.69, 9.17) is 4.74 Å². The number of carbonyl (C=O) groups excluding carboxylic acids is 1. The van der Waals surface area contributed by atoms with Crippen molar-refractivity contribution in [1.29, 1.82) is 0 Å². The van der Waals surface area contributed by atoms with Crippen LogP contribution < -0.4 is 15.4 Å². The number of hydrogen-bond acceptors (Lipinski definition) is 3. The van der Waals surface area contributed by atoms with Gasteiger partial charge in [-0.2, -0.15) is 0 Å². The van der Waals surface area contributed by atoms with Gasteiger partial charge in [-0.25, -0.2) is 4.79 Å². The Bertz CT molecular complexity index is 766. The number of aromatic hydroxyl groups is 1. The molecule has 0 atom stereocenters. The van der Waals surface area contributed by atoms with Crippen LogP contribution in [-0.4, -0.2) is 24.8 Å². The van der Waals surface area contributed by atoms with Gasteiger partial charge in [0.05, 0.1) is 7.11 Å². The number of phenolic OH excluding ortho intramolecular Hbond substituents is 1. The first kappa shape index (κ1) is 28.1. The molecule has 0 aliphatic carbocycles. The molecule has 0 unspecified atom stereocenters. The van der Waals surface area contributed by atoms with E-state index in [0.717, 1.165) is 37.7 Å². The van der Waals surface area contributed by atoms with E-state index in [1.165, 1.54) is 32.8 Å². The summed E-state index contributed by atoms with van der Waals surface area (Å²) in [5, 5.41) is 15.3. The molecule has 5 nitrogen and oxygen atoms in total. The fourth-order valence-electron chi connectivity index (χ4n) is 3.06. The van der Waals surface area contributed by atoms with Crippen LogP contribution in [0.5, 0.6) is 11.5 Å². The van der Waals surface area contributed by atoms with Gasteiger partial charge in [-0.15, -0.1) is 0 Å². The van der Waals surface area contributed by atoms with Crippen molar-refractivity contribution in [2.24, 2.45) is 0 Å². The lowest BCUT2D eigenvalue weighted by atomic mass is 10.2. The molecule has 1 aromatic carbocycles. The van der Waals surface area contributed by atoms with Crippen LogP contribution in [-0.2, 0) is 6.54 Å². The average Bonchev–Trinajstić information content (AvgIpc) is 2.82. The lowest BCUT2D eigenvalue weighted by molar-refractivity contribution is 0.240. The third kappa shape index (κ3) is 15.5. The Morgan fingerprint density at radius 2 is 1.48 bits per heavy atom. The molecule has 5 heteroatoms. The zero-order valence-electron chi connectivity index (χ0n) is 20.4. The predicted molar refractivity (Wildman–Crippen MR) is 139 cm³/mol. The van der Waals surface area contributed by atoms with Gasteiger partial charge in [-0.3, -0.25) is 0 Å². The Kier molecular flexibility index (Phi) is 16.8. The minimum absolute atomic E-state index is 0.0857. The number of allylic oxidation sites excluding steroid dienone is 8. The van der Waals surface area contributed by atoms with Gasteiger partial charge in [-0.1, -0.05) is 74.4 Å². The van der Waals surface area contributed by atoms with Crippen LogP contribution in [0.15, 0.2) is 66.8 Å². The average molecular weight is 455 g/mol. The fraction of sp³-hybridized carbons (Fsp3) is 0.464. The Hall–Kier alpha value is -2.95. The molecular weight excluding hydrogens is 412 g/mol. The maximum absolute atomic E-state index is 11.9. The van der Waals surface area contributed by atoms with Gasteiger partial charge in [0.25, 0.3) is 0 Å². The molecule has 3 N–H and O–H groups in total. The van der Waals surface area contributed by atoms with E-state index in [2.05, 4.69) is 66.2 Å². The molecule has 1 aromatic rings. The molecule has 0 aliphatic heterocycles. The van der Waals surface area contributed by atoms with Crippen molar-refractivity contribution in [3.63, 3.8) is 0 Å². The number of urea groups is 1. The molecule has 0 spiro atoms. The summed E-state index contributed by atoms with van der Waals surface area (Å²) in [6, 6.07) is 4.82. The Morgan fingerprint density at radius 3 is 2.09 bits per heavy atom. The Labute approximate surface area is 200 Å². The Balaban J connectivity index is 2.00. The molecule has 0 aliphatic rings. The van der Waals surface area contributed by atoms with Crippen molar-refractivity contribution in [3.05, 3.63) is 72.4 Å². The largest absolute Gasteiger partial charge is 0.504 e. The second-order valence-electron chi connectivity index (χ2n) is 7.85. The van der Waals surface area contributed by atoms with E-state index in [9.17, 15) is 9.90 Å². The van der Waals surface area contributed by atoms with Crippen LogP contribution >= 0.6 is 0 Å². The number of amides is 2. The standard InChI is InChI=1S/C28H42N2O3/c1-3-4-5-6-7-8-9-10-11-12-13-14-15-16-17-18-19-22-29-28(32)30-24-25-20-21-26(31)27(23-25)33-2/h7-8,10-11,13-14,16-17,20-21,23,31H,3-6,9,12,15,18-19,22,24H2,1-2H3,(H2,29,30,32)/b8-7-,11-10-,14-13+,17-16-. The van der Waals surface area contributed by atoms with E-state index in [1.54, 1.807) is 18.2 Å². The second-order valence-corrected chi connectivity index (χ2v) is 7.85. The molecule has 0 radical (unpaired) electrons. The van der Waals surface area contributed by atoms with Gasteiger partial charge in [0, 0.05) is 13.1 Å². The number of unbranched alkanes of at least 4 members (excludes halogenated alkanes) is 4. The number of nitrogens with one attached hydrogen (secondary N) is 2. The highest BCUT2D eigenvalue weighted by molar-refractivity contribution is 5.73. The minimum Gasteiger partial charge on any atom is -0.504 e. The summed E-state index contributed by atoms with van der Waals surface area (Å²) in [7, 11) is 1.50. The van der Waals surface area contributed by atoms with Crippen LogP contribution in [0.4, 0.5) is 4.79 Å². The maximum Gasteiger partial charge on any atom is 0.315 e. The van der Waals surface area contributed by atoms with Crippen molar-refractivity contribution in [2.45, 2.75) is 71.3 Å². The van der Waals surface area contributed by atoms with Gasteiger partial charge < -0.3 is 20.5 Å². The summed E-state index contributed by atoms with van der Waals surface area (Å²) in [6.45, 7) is 3.24. The lowest BCUT2D eigenvalue weighted by Gasteiger charge is -2.09. The number of rotatable bonds is 17. The molecule has 33 heavy (non-hydrogen) atoms. The summed E-state index contributed by atoms with van der Waals surface area (Å²) >= 11 is 0. The van der Waals surface area contributed by atoms with Gasteiger partial charge >= 0.3 is 6.03 Å². The van der Waals surface area contributed by atoms with Gasteiger partial charge in [0.2, 0.25) is 0 Å². The molecule has 2 amide bonds. The fourth-order valence-corrected chi connectivity index (χ4v) is 3.06. The second kappa shape index (κ2) is 19.7. The molecular formula is C28H42N2O3. The van der Waals surface area contributed by atoms with Crippen LogP contribution in [0.2, 0.25) is 0 Å². The molecule has 182 valence electrons. The van der Waals surface area contributed by atoms with Crippen LogP contribution in [0.3, 0.4) is 0 Å². The third-order valence-electron chi connectivity index (χ3n) is 4.99. The van der Waals surface area contributed by atoms with Gasteiger partial charge in [0.15, 0.2) is 11.5 Å². The molecule has 0 bridgehead atoms. The normalized spacial score (nSPS) is 11.8. The first-order chi connectivity index (χ1) is 16.2. The molecule has 0 saturated carbocycles. The van der Waals surface area contributed by atoms with E-state index in [-0.39, 0.29) is 11.8 Å². The van der Waals surface area contributed by atoms with Gasteiger partial charge in [0.1, 0.15) is 0 Å². The van der Waals surface area contributed by atoms with Crippen molar-refractivity contribution in [1.82, 2.24) is 10.6 Å². The predicted octanol–water partition coefficient (Wildman–Crippen LogP) is 6.96. The minimum atomic E-state index is -0.200. The number of phenols is 1. The summed E-state index contributed by atoms with van der Waals surface area (Å²) in [5.74, 6) is 0.483. The third-order valence-corrected chi connectivity index (χ3v) is 4.99. The van der Waals surface area contributed by atoms with Crippen LogP contribution in [0.25, 0.3) is 0 Å². The maximum atomic E-state index is 11.9. The number of benzene rings is 1. The van der Waals surface area contributed by atoms with Crippen molar-refractivity contribution >= 4 is 6.03 Å². The summed E-state index contributed by atoms with van der Waals surface area (Å²) < 4.78 is 5.07. The molecule has 0 aromatic heterocycles.